The molecule has 1 fully saturated rings. The molecule has 3 rings (SSSR count). The lowest BCUT2D eigenvalue weighted by Gasteiger charge is -2.25. The monoisotopic (exact) mass is 364 g/mol. The minimum absolute atomic E-state index is 0.134. The fraction of sp³-hybridized carbons (Fsp3) is 0.458. The molecule has 144 valence electrons. The third kappa shape index (κ3) is 6.21. The summed E-state index contributed by atoms with van der Waals surface area (Å²) in [5.41, 5.74) is 5.06. The Morgan fingerprint density at radius 1 is 1.04 bits per heavy atom. The molecule has 3 heteroatoms. The van der Waals surface area contributed by atoms with Crippen molar-refractivity contribution < 1.29 is 4.79 Å². The standard InChI is InChI=1S/C24H32N2O/c1-19-12-13-22(18-23(19)21-14-16-25-17-15-21)26-24(27)11-7-3-6-10-20-8-4-2-5-9-20/h2,4-5,8-9,12-13,18,21,25H,3,6-7,10-11,14-17H2,1H3,(H,26,27). The van der Waals surface area contributed by atoms with Gasteiger partial charge in [0, 0.05) is 12.1 Å². The summed E-state index contributed by atoms with van der Waals surface area (Å²) in [6, 6.07) is 16.9. The van der Waals surface area contributed by atoms with Crippen molar-refractivity contribution in [2.75, 3.05) is 18.4 Å². The average molecular weight is 365 g/mol. The van der Waals surface area contributed by atoms with Crippen LogP contribution >= 0.6 is 0 Å². The van der Waals surface area contributed by atoms with Gasteiger partial charge in [-0.05, 0) is 86.9 Å². The summed E-state index contributed by atoms with van der Waals surface area (Å²) in [5, 5.41) is 6.53. The van der Waals surface area contributed by atoms with Crippen LogP contribution in [-0.2, 0) is 11.2 Å². The maximum Gasteiger partial charge on any atom is 0.224 e. The first-order chi connectivity index (χ1) is 13.2. The van der Waals surface area contributed by atoms with E-state index in [1.54, 1.807) is 0 Å². The van der Waals surface area contributed by atoms with Gasteiger partial charge in [0.15, 0.2) is 0 Å². The molecule has 0 bridgehead atoms. The van der Waals surface area contributed by atoms with Gasteiger partial charge in [0.2, 0.25) is 5.91 Å². The van der Waals surface area contributed by atoms with E-state index in [4.69, 9.17) is 0 Å². The number of piperidine rings is 1. The Kier molecular flexibility index (Phi) is 7.46. The number of unbranched alkanes of at least 4 members (excludes halogenated alkanes) is 2. The van der Waals surface area contributed by atoms with Crippen LogP contribution in [-0.4, -0.2) is 19.0 Å². The van der Waals surface area contributed by atoms with Gasteiger partial charge in [-0.15, -0.1) is 0 Å². The average Bonchev–Trinajstić information content (AvgIpc) is 2.70. The fourth-order valence-corrected chi connectivity index (χ4v) is 3.95. The zero-order valence-electron chi connectivity index (χ0n) is 16.5. The fourth-order valence-electron chi connectivity index (χ4n) is 3.95. The van der Waals surface area contributed by atoms with E-state index in [0.717, 1.165) is 44.5 Å². The number of carbonyl (C=O) groups is 1. The predicted molar refractivity (Wildman–Crippen MR) is 113 cm³/mol. The molecule has 1 aliphatic rings. The largest absolute Gasteiger partial charge is 0.326 e. The highest BCUT2D eigenvalue weighted by Crippen LogP contribution is 2.30. The number of amides is 1. The molecule has 1 aliphatic heterocycles. The van der Waals surface area contributed by atoms with Gasteiger partial charge in [0.25, 0.3) is 0 Å². The molecule has 1 amide bonds. The number of carbonyl (C=O) groups excluding carboxylic acids is 1. The van der Waals surface area contributed by atoms with E-state index in [9.17, 15) is 4.79 Å². The number of hydrogen-bond donors (Lipinski definition) is 2. The first-order valence-corrected chi connectivity index (χ1v) is 10.4. The molecule has 0 aromatic heterocycles. The molecule has 0 radical (unpaired) electrons. The minimum Gasteiger partial charge on any atom is -0.326 e. The number of anilines is 1. The van der Waals surface area contributed by atoms with Crippen LogP contribution in [0.1, 0.15) is 61.1 Å². The molecule has 1 heterocycles. The molecule has 2 N–H and O–H groups in total. The van der Waals surface area contributed by atoms with Gasteiger partial charge >= 0.3 is 0 Å². The lowest BCUT2D eigenvalue weighted by Crippen LogP contribution is -2.27. The highest BCUT2D eigenvalue weighted by Gasteiger charge is 2.17. The minimum atomic E-state index is 0.134. The Bertz CT molecular complexity index is 720. The van der Waals surface area contributed by atoms with Crippen LogP contribution in [0.25, 0.3) is 0 Å². The quantitative estimate of drug-likeness (QED) is 0.632. The van der Waals surface area contributed by atoms with E-state index in [-0.39, 0.29) is 5.91 Å². The molecule has 27 heavy (non-hydrogen) atoms. The third-order valence-corrected chi connectivity index (χ3v) is 5.55. The first-order valence-electron chi connectivity index (χ1n) is 10.4. The zero-order valence-corrected chi connectivity index (χ0v) is 16.5. The predicted octanol–water partition coefficient (Wildman–Crippen LogP) is 5.20. The van der Waals surface area contributed by atoms with E-state index in [1.807, 2.05) is 6.07 Å². The molecule has 0 spiro atoms. The molecular weight excluding hydrogens is 332 g/mol. The number of benzene rings is 2. The van der Waals surface area contributed by atoms with Gasteiger partial charge < -0.3 is 10.6 Å². The highest BCUT2D eigenvalue weighted by molar-refractivity contribution is 5.90. The van der Waals surface area contributed by atoms with E-state index in [1.165, 1.54) is 29.5 Å². The summed E-state index contributed by atoms with van der Waals surface area (Å²) in [7, 11) is 0. The molecule has 2 aromatic carbocycles. The van der Waals surface area contributed by atoms with Crippen molar-refractivity contribution in [3.8, 4) is 0 Å². The second kappa shape index (κ2) is 10.3. The van der Waals surface area contributed by atoms with Gasteiger partial charge in [-0.3, -0.25) is 4.79 Å². The number of nitrogens with one attached hydrogen (secondary N) is 2. The van der Waals surface area contributed by atoms with Crippen molar-refractivity contribution in [3.05, 3.63) is 65.2 Å². The van der Waals surface area contributed by atoms with Crippen molar-refractivity contribution in [2.24, 2.45) is 0 Å². The van der Waals surface area contributed by atoms with Crippen molar-refractivity contribution in [2.45, 2.75) is 57.8 Å². The van der Waals surface area contributed by atoms with Crippen LogP contribution in [0.4, 0.5) is 5.69 Å². The molecule has 0 aliphatic carbocycles. The summed E-state index contributed by atoms with van der Waals surface area (Å²) >= 11 is 0. The maximum absolute atomic E-state index is 12.3. The van der Waals surface area contributed by atoms with E-state index >= 15 is 0 Å². The van der Waals surface area contributed by atoms with Gasteiger partial charge in [0.1, 0.15) is 0 Å². The van der Waals surface area contributed by atoms with Gasteiger partial charge in [-0.2, -0.15) is 0 Å². The second-order valence-electron chi connectivity index (χ2n) is 7.69. The Hall–Kier alpha value is -2.13. The van der Waals surface area contributed by atoms with Crippen LogP contribution in [0.2, 0.25) is 0 Å². The van der Waals surface area contributed by atoms with Crippen LogP contribution in [0.3, 0.4) is 0 Å². The molecule has 1 saturated heterocycles. The summed E-state index contributed by atoms with van der Waals surface area (Å²) in [4.78, 5) is 12.3. The summed E-state index contributed by atoms with van der Waals surface area (Å²) in [6.45, 7) is 4.35. The molecule has 0 atom stereocenters. The van der Waals surface area contributed by atoms with E-state index in [2.05, 4.69) is 60.0 Å². The van der Waals surface area contributed by atoms with Crippen molar-refractivity contribution in [1.29, 1.82) is 0 Å². The maximum atomic E-state index is 12.3. The van der Waals surface area contributed by atoms with Crippen LogP contribution in [0.15, 0.2) is 48.5 Å². The normalized spacial score (nSPS) is 14.9. The highest BCUT2D eigenvalue weighted by atomic mass is 16.1. The third-order valence-electron chi connectivity index (χ3n) is 5.55. The van der Waals surface area contributed by atoms with Crippen molar-refractivity contribution in [1.82, 2.24) is 5.32 Å². The van der Waals surface area contributed by atoms with Crippen LogP contribution in [0.5, 0.6) is 0 Å². The first kappa shape index (κ1) is 19.6. The summed E-state index contributed by atoms with van der Waals surface area (Å²) in [5.74, 6) is 0.746. The Morgan fingerprint density at radius 2 is 1.81 bits per heavy atom. The van der Waals surface area contributed by atoms with Crippen molar-refractivity contribution >= 4 is 11.6 Å². The number of hydrogen-bond acceptors (Lipinski definition) is 2. The number of rotatable bonds is 8. The Labute approximate surface area is 163 Å². The topological polar surface area (TPSA) is 41.1 Å². The molecular formula is C24H32N2O. The Morgan fingerprint density at radius 3 is 2.59 bits per heavy atom. The Balaban J connectivity index is 1.42. The van der Waals surface area contributed by atoms with Gasteiger partial charge in [-0.1, -0.05) is 42.8 Å². The van der Waals surface area contributed by atoms with Crippen molar-refractivity contribution in [3.63, 3.8) is 0 Å². The zero-order chi connectivity index (χ0) is 18.9. The second-order valence-corrected chi connectivity index (χ2v) is 7.69. The van der Waals surface area contributed by atoms with E-state index < -0.39 is 0 Å². The summed E-state index contributed by atoms with van der Waals surface area (Å²) < 4.78 is 0. The lowest BCUT2D eigenvalue weighted by atomic mass is 9.87. The van der Waals surface area contributed by atoms with Gasteiger partial charge in [-0.25, -0.2) is 0 Å². The molecule has 0 saturated carbocycles. The van der Waals surface area contributed by atoms with Gasteiger partial charge in [0.05, 0.1) is 0 Å². The lowest BCUT2D eigenvalue weighted by molar-refractivity contribution is -0.116. The molecule has 0 unspecified atom stereocenters. The molecule has 2 aromatic rings. The van der Waals surface area contributed by atoms with Crippen LogP contribution < -0.4 is 10.6 Å². The summed E-state index contributed by atoms with van der Waals surface area (Å²) in [6.07, 6.45) is 7.24. The number of aryl methyl sites for hydroxylation is 2. The SMILES string of the molecule is Cc1ccc(NC(=O)CCCCCc2ccccc2)cc1C1CCNCC1. The van der Waals surface area contributed by atoms with Crippen LogP contribution in [0, 0.1) is 6.92 Å². The van der Waals surface area contributed by atoms with E-state index in [0.29, 0.717) is 12.3 Å². The smallest absolute Gasteiger partial charge is 0.224 e. The molecule has 3 nitrogen and oxygen atoms in total.